The average Bonchev–Trinajstić information content (AvgIpc) is 2.16. The van der Waals surface area contributed by atoms with E-state index in [1.54, 1.807) is 0 Å². The van der Waals surface area contributed by atoms with Crippen molar-refractivity contribution in [3.05, 3.63) is 0 Å². The minimum Gasteiger partial charge on any atom is -0.314 e. The second kappa shape index (κ2) is 6.85. The molecular weight excluding hydrogens is 184 g/mol. The Labute approximate surface area is 94.1 Å². The zero-order valence-corrected chi connectivity index (χ0v) is 10.1. The van der Waals surface area contributed by atoms with Gasteiger partial charge in [-0.15, -0.1) is 0 Å². The zero-order chi connectivity index (χ0) is 11.1. The van der Waals surface area contributed by atoms with E-state index in [1.807, 2.05) is 0 Å². The molecule has 1 aliphatic rings. The van der Waals surface area contributed by atoms with Crippen molar-refractivity contribution >= 4 is 0 Å². The summed E-state index contributed by atoms with van der Waals surface area (Å²) in [4.78, 5) is 0. The van der Waals surface area contributed by atoms with Crippen LogP contribution in [0.2, 0.25) is 0 Å². The van der Waals surface area contributed by atoms with Gasteiger partial charge in [0, 0.05) is 12.5 Å². The second-order valence-corrected chi connectivity index (χ2v) is 5.18. The number of nitriles is 1. The summed E-state index contributed by atoms with van der Waals surface area (Å²) in [5.41, 5.74) is 0. The normalized spacial score (nSPS) is 31.1. The predicted octanol–water partition coefficient (Wildman–Crippen LogP) is 3.09. The SMILES string of the molecule is CC1CC(C)CC(NCCCCC#N)C1. The van der Waals surface area contributed by atoms with E-state index in [-0.39, 0.29) is 0 Å². The molecule has 15 heavy (non-hydrogen) atoms. The van der Waals surface area contributed by atoms with E-state index in [1.165, 1.54) is 19.3 Å². The van der Waals surface area contributed by atoms with E-state index in [0.29, 0.717) is 6.42 Å². The van der Waals surface area contributed by atoms with Crippen LogP contribution in [0.15, 0.2) is 0 Å². The predicted molar refractivity (Wildman–Crippen MR) is 63.4 cm³/mol. The van der Waals surface area contributed by atoms with E-state index in [9.17, 15) is 0 Å². The van der Waals surface area contributed by atoms with Crippen LogP contribution in [0.25, 0.3) is 0 Å². The highest BCUT2D eigenvalue weighted by Crippen LogP contribution is 2.28. The summed E-state index contributed by atoms with van der Waals surface area (Å²) < 4.78 is 0. The summed E-state index contributed by atoms with van der Waals surface area (Å²) in [6.07, 6.45) is 6.96. The molecule has 0 saturated heterocycles. The summed E-state index contributed by atoms with van der Waals surface area (Å²) in [6.45, 7) is 5.81. The molecule has 0 bridgehead atoms. The van der Waals surface area contributed by atoms with Crippen molar-refractivity contribution in [2.75, 3.05) is 6.54 Å². The summed E-state index contributed by atoms with van der Waals surface area (Å²) in [5, 5.41) is 12.0. The third-order valence-electron chi connectivity index (χ3n) is 3.33. The van der Waals surface area contributed by atoms with Gasteiger partial charge in [-0.25, -0.2) is 0 Å². The minimum atomic E-state index is 0.707. The fourth-order valence-corrected chi connectivity index (χ4v) is 2.75. The van der Waals surface area contributed by atoms with Crippen molar-refractivity contribution in [2.45, 2.75) is 58.4 Å². The summed E-state index contributed by atoms with van der Waals surface area (Å²) in [7, 11) is 0. The topological polar surface area (TPSA) is 35.8 Å². The standard InChI is InChI=1S/C13H24N2/c1-11-8-12(2)10-13(9-11)15-7-5-3-4-6-14/h11-13,15H,3-5,7-10H2,1-2H3. The lowest BCUT2D eigenvalue weighted by Crippen LogP contribution is -2.36. The van der Waals surface area contributed by atoms with Gasteiger partial charge in [0.05, 0.1) is 6.07 Å². The van der Waals surface area contributed by atoms with Crippen molar-refractivity contribution < 1.29 is 0 Å². The Bertz CT molecular complexity index is 197. The van der Waals surface area contributed by atoms with E-state index >= 15 is 0 Å². The van der Waals surface area contributed by atoms with Crippen LogP contribution in [0.1, 0.15) is 52.4 Å². The van der Waals surface area contributed by atoms with Crippen LogP contribution >= 0.6 is 0 Å². The Morgan fingerprint density at radius 2 is 1.80 bits per heavy atom. The molecule has 1 saturated carbocycles. The van der Waals surface area contributed by atoms with Gasteiger partial charge >= 0.3 is 0 Å². The van der Waals surface area contributed by atoms with Crippen LogP contribution in [-0.4, -0.2) is 12.6 Å². The molecule has 2 unspecified atom stereocenters. The molecule has 0 amide bonds. The minimum absolute atomic E-state index is 0.707. The maximum Gasteiger partial charge on any atom is 0.0621 e. The maximum absolute atomic E-state index is 8.41. The van der Waals surface area contributed by atoms with Crippen LogP contribution in [0.4, 0.5) is 0 Å². The second-order valence-electron chi connectivity index (χ2n) is 5.18. The molecular formula is C13H24N2. The number of nitrogens with zero attached hydrogens (tertiary/aromatic N) is 1. The number of nitrogens with one attached hydrogen (secondary N) is 1. The first-order valence-electron chi connectivity index (χ1n) is 6.32. The van der Waals surface area contributed by atoms with Crippen molar-refractivity contribution in [3.63, 3.8) is 0 Å². The molecule has 1 aliphatic carbocycles. The van der Waals surface area contributed by atoms with E-state index < -0.39 is 0 Å². The van der Waals surface area contributed by atoms with Gasteiger partial charge in [-0.05, 0) is 50.5 Å². The van der Waals surface area contributed by atoms with Crippen molar-refractivity contribution in [1.82, 2.24) is 5.32 Å². The summed E-state index contributed by atoms with van der Waals surface area (Å²) in [6, 6.07) is 2.92. The quantitative estimate of drug-likeness (QED) is 0.705. The molecule has 2 nitrogen and oxygen atoms in total. The van der Waals surface area contributed by atoms with Crippen LogP contribution in [0, 0.1) is 23.2 Å². The van der Waals surface area contributed by atoms with Gasteiger partial charge in [0.25, 0.3) is 0 Å². The summed E-state index contributed by atoms with van der Waals surface area (Å²) >= 11 is 0. The monoisotopic (exact) mass is 208 g/mol. The van der Waals surface area contributed by atoms with Crippen LogP contribution < -0.4 is 5.32 Å². The van der Waals surface area contributed by atoms with Crippen LogP contribution in [0.3, 0.4) is 0 Å². The van der Waals surface area contributed by atoms with Crippen LogP contribution in [0.5, 0.6) is 0 Å². The first-order valence-corrected chi connectivity index (χ1v) is 6.32. The Kier molecular flexibility index (Phi) is 5.71. The van der Waals surface area contributed by atoms with Crippen molar-refractivity contribution in [1.29, 1.82) is 5.26 Å². The lowest BCUT2D eigenvalue weighted by molar-refractivity contribution is 0.239. The Morgan fingerprint density at radius 3 is 2.40 bits per heavy atom. The van der Waals surface area contributed by atoms with Gasteiger partial charge < -0.3 is 5.32 Å². The molecule has 86 valence electrons. The fourth-order valence-electron chi connectivity index (χ4n) is 2.75. The molecule has 1 rings (SSSR count). The third-order valence-corrected chi connectivity index (χ3v) is 3.33. The van der Waals surface area contributed by atoms with Gasteiger partial charge in [-0.3, -0.25) is 0 Å². The van der Waals surface area contributed by atoms with Crippen molar-refractivity contribution in [2.24, 2.45) is 11.8 Å². The number of rotatable bonds is 5. The highest BCUT2D eigenvalue weighted by atomic mass is 14.9. The molecule has 0 aromatic heterocycles. The molecule has 0 aromatic rings. The van der Waals surface area contributed by atoms with Gasteiger partial charge in [-0.2, -0.15) is 5.26 Å². The molecule has 0 radical (unpaired) electrons. The van der Waals surface area contributed by atoms with Crippen LogP contribution in [-0.2, 0) is 0 Å². The Balaban J connectivity index is 2.08. The highest BCUT2D eigenvalue weighted by Gasteiger charge is 2.22. The molecule has 2 atom stereocenters. The molecule has 0 heterocycles. The van der Waals surface area contributed by atoms with Gasteiger partial charge in [-0.1, -0.05) is 13.8 Å². The maximum atomic E-state index is 8.41. The Hall–Kier alpha value is -0.550. The molecule has 1 N–H and O–H groups in total. The summed E-state index contributed by atoms with van der Waals surface area (Å²) in [5.74, 6) is 1.76. The third kappa shape index (κ3) is 5.18. The Morgan fingerprint density at radius 1 is 1.13 bits per heavy atom. The van der Waals surface area contributed by atoms with E-state index in [0.717, 1.165) is 37.3 Å². The molecule has 0 spiro atoms. The highest BCUT2D eigenvalue weighted by molar-refractivity contribution is 4.79. The smallest absolute Gasteiger partial charge is 0.0621 e. The van der Waals surface area contributed by atoms with Gasteiger partial charge in [0.1, 0.15) is 0 Å². The van der Waals surface area contributed by atoms with Gasteiger partial charge in [0.2, 0.25) is 0 Å². The molecule has 0 aromatic carbocycles. The lowest BCUT2D eigenvalue weighted by atomic mass is 9.80. The first kappa shape index (κ1) is 12.5. The number of hydrogen-bond donors (Lipinski definition) is 1. The van der Waals surface area contributed by atoms with E-state index in [2.05, 4.69) is 25.2 Å². The fraction of sp³-hybridized carbons (Fsp3) is 0.923. The zero-order valence-electron chi connectivity index (χ0n) is 10.1. The van der Waals surface area contributed by atoms with E-state index in [4.69, 9.17) is 5.26 Å². The lowest BCUT2D eigenvalue weighted by Gasteiger charge is -2.32. The van der Waals surface area contributed by atoms with Crippen molar-refractivity contribution in [3.8, 4) is 6.07 Å². The number of hydrogen-bond acceptors (Lipinski definition) is 2. The largest absolute Gasteiger partial charge is 0.314 e. The molecule has 0 aliphatic heterocycles. The van der Waals surface area contributed by atoms with Gasteiger partial charge in [0.15, 0.2) is 0 Å². The number of unbranched alkanes of at least 4 members (excludes halogenated alkanes) is 2. The average molecular weight is 208 g/mol. The molecule has 2 heteroatoms. The first-order chi connectivity index (χ1) is 7.22. The molecule has 1 fully saturated rings.